The summed E-state index contributed by atoms with van der Waals surface area (Å²) in [7, 11) is 1.47. The molecule has 9 heteroatoms. The second-order valence-electron chi connectivity index (χ2n) is 7.90. The molecule has 1 atom stereocenters. The summed E-state index contributed by atoms with van der Waals surface area (Å²) >= 11 is 6.07. The normalized spacial score (nSPS) is 18.6. The number of aromatic nitrogens is 2. The van der Waals surface area contributed by atoms with E-state index < -0.39 is 0 Å². The van der Waals surface area contributed by atoms with E-state index in [0.29, 0.717) is 47.2 Å². The molecule has 1 aromatic heterocycles. The molecule has 2 aromatic rings. The predicted octanol–water partition coefficient (Wildman–Crippen LogP) is 2.32. The van der Waals surface area contributed by atoms with Gasteiger partial charge in [-0.2, -0.15) is 0 Å². The Balaban J connectivity index is 1.61. The Labute approximate surface area is 185 Å². The minimum absolute atomic E-state index is 0.0125. The number of rotatable bonds is 4. The van der Waals surface area contributed by atoms with Gasteiger partial charge in [0.05, 0.1) is 23.8 Å². The number of halogens is 1. The molecule has 0 aliphatic carbocycles. The van der Waals surface area contributed by atoms with E-state index in [2.05, 4.69) is 4.98 Å². The van der Waals surface area contributed by atoms with Crippen molar-refractivity contribution in [2.45, 2.75) is 38.3 Å². The van der Waals surface area contributed by atoms with E-state index in [0.717, 1.165) is 19.3 Å². The number of methoxy groups -OCH3 is 1. The highest BCUT2D eigenvalue weighted by Gasteiger charge is 2.32. The number of benzene rings is 1. The number of amides is 2. The van der Waals surface area contributed by atoms with Crippen molar-refractivity contribution in [2.24, 2.45) is 0 Å². The maximum absolute atomic E-state index is 13.2. The molecule has 3 heterocycles. The predicted molar refractivity (Wildman–Crippen MR) is 115 cm³/mol. The van der Waals surface area contributed by atoms with Crippen LogP contribution in [0.25, 0.3) is 0 Å². The zero-order chi connectivity index (χ0) is 22.0. The minimum Gasteiger partial charge on any atom is -0.375 e. The van der Waals surface area contributed by atoms with Crippen LogP contribution in [0.15, 0.2) is 29.1 Å². The van der Waals surface area contributed by atoms with E-state index in [4.69, 9.17) is 21.3 Å². The molecule has 31 heavy (non-hydrogen) atoms. The average Bonchev–Trinajstić information content (AvgIpc) is 2.78. The number of aromatic amines is 1. The fourth-order valence-corrected chi connectivity index (χ4v) is 4.47. The van der Waals surface area contributed by atoms with Crippen molar-refractivity contribution >= 4 is 23.4 Å². The van der Waals surface area contributed by atoms with Crippen LogP contribution in [-0.2, 0) is 22.5 Å². The third-order valence-corrected chi connectivity index (χ3v) is 6.09. The number of hydrogen-bond donors (Lipinski definition) is 1. The Kier molecular flexibility index (Phi) is 6.38. The van der Waals surface area contributed by atoms with Gasteiger partial charge in [-0.1, -0.05) is 17.7 Å². The lowest BCUT2D eigenvalue weighted by molar-refractivity contribution is -0.136. The second-order valence-corrected chi connectivity index (χ2v) is 8.33. The first-order chi connectivity index (χ1) is 15.0. The quantitative estimate of drug-likeness (QED) is 0.780. The Morgan fingerprint density at radius 1 is 1.29 bits per heavy atom. The zero-order valence-corrected chi connectivity index (χ0v) is 18.2. The van der Waals surface area contributed by atoms with Crippen LogP contribution < -0.4 is 5.56 Å². The third-order valence-electron chi connectivity index (χ3n) is 5.86. The SMILES string of the molecule is COCC(=O)N1CCc2nc(C3CCCCN3C(=O)c3cccc(Cl)c3)[nH]c(=O)c2C1. The van der Waals surface area contributed by atoms with Crippen LogP contribution in [0.2, 0.25) is 5.02 Å². The molecule has 1 fully saturated rings. The smallest absolute Gasteiger partial charge is 0.256 e. The number of piperidine rings is 1. The number of ether oxygens (including phenoxy) is 1. The number of H-pyrrole nitrogens is 1. The van der Waals surface area contributed by atoms with Crippen LogP contribution in [0, 0.1) is 0 Å². The molecule has 2 amide bonds. The van der Waals surface area contributed by atoms with Crippen molar-refractivity contribution in [3.63, 3.8) is 0 Å². The summed E-state index contributed by atoms with van der Waals surface area (Å²) in [5.74, 6) is 0.238. The Hall–Kier alpha value is -2.71. The topological polar surface area (TPSA) is 95.6 Å². The van der Waals surface area contributed by atoms with Crippen LogP contribution in [0.4, 0.5) is 0 Å². The van der Waals surface area contributed by atoms with Crippen LogP contribution >= 0.6 is 11.6 Å². The first kappa shape index (κ1) is 21.5. The Morgan fingerprint density at radius 3 is 2.90 bits per heavy atom. The van der Waals surface area contributed by atoms with Gasteiger partial charge in [-0.05, 0) is 37.5 Å². The van der Waals surface area contributed by atoms with Crippen molar-refractivity contribution in [3.05, 3.63) is 62.3 Å². The number of hydrogen-bond acceptors (Lipinski definition) is 5. The van der Waals surface area contributed by atoms with Gasteiger partial charge >= 0.3 is 0 Å². The number of nitrogens with one attached hydrogen (secondary N) is 1. The van der Waals surface area contributed by atoms with Crippen molar-refractivity contribution in [2.75, 3.05) is 26.8 Å². The van der Waals surface area contributed by atoms with Gasteiger partial charge in [0, 0.05) is 37.2 Å². The standard InChI is InChI=1S/C22H25ClN4O4/c1-31-13-19(28)26-10-8-17-16(12-26)21(29)25-20(24-17)18-7-2-3-9-27(18)22(30)14-5-4-6-15(23)11-14/h4-6,11,18H,2-3,7-10,12-13H2,1H3,(H,24,25,29). The van der Waals surface area contributed by atoms with Crippen molar-refractivity contribution < 1.29 is 14.3 Å². The summed E-state index contributed by atoms with van der Waals surface area (Å²) in [6, 6.07) is 6.59. The van der Waals surface area contributed by atoms with Crippen molar-refractivity contribution in [3.8, 4) is 0 Å². The summed E-state index contributed by atoms with van der Waals surface area (Å²) in [6.45, 7) is 1.29. The van der Waals surface area contributed by atoms with E-state index >= 15 is 0 Å². The molecule has 4 rings (SSSR count). The molecule has 1 saturated heterocycles. The first-order valence-electron chi connectivity index (χ1n) is 10.4. The molecular formula is C22H25ClN4O4. The van der Waals surface area contributed by atoms with Gasteiger partial charge in [0.15, 0.2) is 0 Å². The molecule has 164 valence electrons. The number of carbonyl (C=O) groups excluding carboxylic acids is 2. The molecule has 2 aliphatic heterocycles. The Bertz CT molecular complexity index is 1050. The number of likely N-dealkylation sites (tertiary alicyclic amines) is 1. The molecule has 0 spiro atoms. The molecule has 0 bridgehead atoms. The van der Waals surface area contributed by atoms with E-state index in [-0.39, 0.29) is 36.6 Å². The highest BCUT2D eigenvalue weighted by molar-refractivity contribution is 6.30. The van der Waals surface area contributed by atoms with E-state index in [1.807, 2.05) is 0 Å². The van der Waals surface area contributed by atoms with Crippen molar-refractivity contribution in [1.82, 2.24) is 19.8 Å². The number of nitrogens with zero attached hydrogens (tertiary/aromatic N) is 3. The molecule has 1 unspecified atom stereocenters. The molecule has 0 radical (unpaired) electrons. The molecule has 8 nitrogen and oxygen atoms in total. The van der Waals surface area contributed by atoms with Gasteiger partial charge in [0.2, 0.25) is 5.91 Å². The van der Waals surface area contributed by atoms with Gasteiger partial charge in [-0.15, -0.1) is 0 Å². The fraction of sp³-hybridized carbons (Fsp3) is 0.455. The Morgan fingerprint density at radius 2 is 2.13 bits per heavy atom. The van der Waals surface area contributed by atoms with Crippen molar-refractivity contribution in [1.29, 1.82) is 0 Å². The maximum Gasteiger partial charge on any atom is 0.256 e. The van der Waals surface area contributed by atoms with E-state index in [1.165, 1.54) is 7.11 Å². The lowest BCUT2D eigenvalue weighted by Gasteiger charge is -2.36. The second kappa shape index (κ2) is 9.20. The number of carbonyl (C=O) groups is 2. The van der Waals surface area contributed by atoms with Gasteiger partial charge in [-0.25, -0.2) is 4.98 Å². The van der Waals surface area contributed by atoms with Crippen LogP contribution in [0.3, 0.4) is 0 Å². The van der Waals surface area contributed by atoms with Gasteiger partial charge < -0.3 is 19.5 Å². The minimum atomic E-state index is -0.300. The third kappa shape index (κ3) is 4.50. The van der Waals surface area contributed by atoms with Gasteiger partial charge in [0.1, 0.15) is 12.4 Å². The molecule has 1 aromatic carbocycles. The first-order valence-corrected chi connectivity index (χ1v) is 10.8. The highest BCUT2D eigenvalue weighted by atomic mass is 35.5. The summed E-state index contributed by atoms with van der Waals surface area (Å²) in [5, 5.41) is 0.507. The van der Waals surface area contributed by atoms with Gasteiger partial charge in [-0.3, -0.25) is 14.4 Å². The summed E-state index contributed by atoms with van der Waals surface area (Å²) in [4.78, 5) is 49.2. The highest BCUT2D eigenvalue weighted by Crippen LogP contribution is 2.31. The zero-order valence-electron chi connectivity index (χ0n) is 17.4. The fourth-order valence-electron chi connectivity index (χ4n) is 4.28. The largest absolute Gasteiger partial charge is 0.375 e. The molecular weight excluding hydrogens is 420 g/mol. The van der Waals surface area contributed by atoms with Crippen LogP contribution in [0.5, 0.6) is 0 Å². The average molecular weight is 445 g/mol. The number of fused-ring (bicyclic) bond motifs is 1. The van der Waals surface area contributed by atoms with E-state index in [9.17, 15) is 14.4 Å². The van der Waals surface area contributed by atoms with E-state index in [1.54, 1.807) is 34.1 Å². The lowest BCUT2D eigenvalue weighted by atomic mass is 9.99. The summed E-state index contributed by atoms with van der Waals surface area (Å²) < 4.78 is 4.91. The molecule has 0 saturated carbocycles. The summed E-state index contributed by atoms with van der Waals surface area (Å²) in [6.07, 6.45) is 3.07. The monoisotopic (exact) mass is 444 g/mol. The van der Waals surface area contributed by atoms with Crippen LogP contribution in [0.1, 0.15) is 52.7 Å². The molecule has 2 aliphatic rings. The van der Waals surface area contributed by atoms with Gasteiger partial charge in [0.25, 0.3) is 11.5 Å². The molecule has 1 N–H and O–H groups in total. The summed E-state index contributed by atoms with van der Waals surface area (Å²) in [5.41, 5.74) is 1.46. The maximum atomic E-state index is 13.2. The lowest BCUT2D eigenvalue weighted by Crippen LogP contribution is -2.43. The van der Waals surface area contributed by atoms with Crippen LogP contribution in [-0.4, -0.2) is 58.4 Å².